The normalized spacial score (nSPS) is 22.9. The summed E-state index contributed by atoms with van der Waals surface area (Å²) in [5, 5.41) is 12.3. The number of hydrogen-bond acceptors (Lipinski definition) is 12. The van der Waals surface area contributed by atoms with Crippen LogP contribution in [0.4, 0.5) is 11.0 Å². The van der Waals surface area contributed by atoms with Gasteiger partial charge in [-0.2, -0.15) is 4.37 Å². The second-order valence-electron chi connectivity index (χ2n) is 9.02. The molecule has 3 atom stereocenters. The molecule has 0 bridgehead atoms. The molecule has 40 heavy (non-hydrogen) atoms. The highest BCUT2D eigenvalue weighted by Gasteiger charge is 2.73. The predicted octanol–water partition coefficient (Wildman–Crippen LogP) is 6.47. The average Bonchev–Trinajstić information content (AvgIpc) is 3.85. The van der Waals surface area contributed by atoms with Crippen molar-refractivity contribution in [2.75, 3.05) is 9.80 Å². The van der Waals surface area contributed by atoms with Crippen molar-refractivity contribution in [1.82, 2.24) is 24.5 Å². The molecule has 0 radical (unpaired) electrons. The van der Waals surface area contributed by atoms with E-state index in [4.69, 9.17) is 27.7 Å². The highest BCUT2D eigenvalue weighted by molar-refractivity contribution is 7.14. The predicted molar refractivity (Wildman–Crippen MR) is 150 cm³/mol. The Morgan fingerprint density at radius 3 is 2.52 bits per heavy atom. The summed E-state index contributed by atoms with van der Waals surface area (Å²) in [5.74, 6) is 0.670. The Labute approximate surface area is 239 Å². The minimum absolute atomic E-state index is 0.377. The lowest BCUT2D eigenvalue weighted by Gasteiger charge is -2.45. The number of anilines is 2. The Hall–Kier alpha value is -4.46. The molecular weight excluding hydrogens is 567 g/mol. The standard InChI is InChI=1S/C27H19N7O3S3/c1-4-19(28-9-1)27(20-8-16-40-32-20)33(25-30-10-14-36-25)23(18-7-13-37-31-18)26(21-5-2-12-35-21,24-29-11-17-39-24)34(27)22-6-3-15-38-22/h1-17,23,28H. The quantitative estimate of drug-likeness (QED) is 0.225. The summed E-state index contributed by atoms with van der Waals surface area (Å²) >= 11 is 4.53. The van der Waals surface area contributed by atoms with Crippen molar-refractivity contribution in [2.45, 2.75) is 17.2 Å². The van der Waals surface area contributed by atoms with Crippen LogP contribution in [0.1, 0.15) is 33.9 Å². The monoisotopic (exact) mass is 585 g/mol. The Kier molecular flexibility index (Phi) is 5.30. The lowest BCUT2D eigenvalue weighted by Crippen LogP contribution is -2.56. The van der Waals surface area contributed by atoms with Crippen molar-refractivity contribution >= 4 is 45.2 Å². The van der Waals surface area contributed by atoms with Crippen LogP contribution < -0.4 is 9.80 Å². The number of hydrogen-bond donors (Lipinski definition) is 1. The van der Waals surface area contributed by atoms with E-state index in [-0.39, 0.29) is 0 Å². The Bertz CT molecular complexity index is 1580. The van der Waals surface area contributed by atoms with Gasteiger partial charge < -0.3 is 23.2 Å². The molecule has 198 valence electrons. The minimum atomic E-state index is -1.12. The molecule has 0 aromatic carbocycles. The van der Waals surface area contributed by atoms with E-state index in [1.54, 1.807) is 47.7 Å². The minimum Gasteiger partial charge on any atom is -0.466 e. The first-order chi connectivity index (χ1) is 19.9. The number of aromatic amines is 1. The SMILES string of the molecule is c1c[nH]c(C2(c3ccsn3)N(c3ncco3)C(c3ccon3)C(c3ccco3)(c3nccs3)N2c2cccs2)c1. The Morgan fingerprint density at radius 2 is 1.88 bits per heavy atom. The van der Waals surface area contributed by atoms with Crippen molar-refractivity contribution in [2.24, 2.45) is 0 Å². The van der Waals surface area contributed by atoms with Crippen molar-refractivity contribution in [3.05, 3.63) is 130 Å². The summed E-state index contributed by atoms with van der Waals surface area (Å²) in [4.78, 5) is 17.6. The van der Waals surface area contributed by atoms with Gasteiger partial charge in [0.05, 0.1) is 23.2 Å². The van der Waals surface area contributed by atoms with Crippen LogP contribution in [0.25, 0.3) is 0 Å². The van der Waals surface area contributed by atoms with Crippen LogP contribution in [0.3, 0.4) is 0 Å². The second kappa shape index (κ2) is 9.05. The molecule has 1 N–H and O–H groups in total. The molecule has 1 saturated heterocycles. The maximum Gasteiger partial charge on any atom is 0.300 e. The van der Waals surface area contributed by atoms with E-state index in [0.717, 1.165) is 21.4 Å². The third kappa shape index (κ3) is 3.01. The van der Waals surface area contributed by atoms with Gasteiger partial charge in [0.25, 0.3) is 6.01 Å². The molecule has 1 aliphatic heterocycles. The fourth-order valence-corrected chi connectivity index (χ4v) is 8.16. The zero-order valence-corrected chi connectivity index (χ0v) is 23.0. The number of furan rings is 1. The zero-order valence-electron chi connectivity index (χ0n) is 20.5. The van der Waals surface area contributed by atoms with Crippen molar-refractivity contribution < 1.29 is 13.4 Å². The van der Waals surface area contributed by atoms with Gasteiger partial charge in [-0.15, -0.1) is 22.7 Å². The van der Waals surface area contributed by atoms with Gasteiger partial charge in [-0.3, -0.25) is 4.90 Å². The summed E-state index contributed by atoms with van der Waals surface area (Å²) in [5.41, 5.74) is 0.0627. The number of nitrogens with zero attached hydrogens (tertiary/aromatic N) is 6. The first kappa shape index (κ1) is 23.4. The molecule has 0 spiro atoms. The highest BCUT2D eigenvalue weighted by Crippen LogP contribution is 2.66. The number of thiazole rings is 1. The van der Waals surface area contributed by atoms with Crippen LogP contribution in [0, 0.1) is 0 Å². The maximum atomic E-state index is 6.36. The van der Waals surface area contributed by atoms with Crippen LogP contribution in [0.15, 0.2) is 115 Å². The van der Waals surface area contributed by atoms with E-state index < -0.39 is 17.2 Å². The van der Waals surface area contributed by atoms with Crippen LogP contribution in [0.2, 0.25) is 0 Å². The van der Waals surface area contributed by atoms with Gasteiger partial charge in [0.2, 0.25) is 5.66 Å². The summed E-state index contributed by atoms with van der Waals surface area (Å²) in [6.45, 7) is 0. The third-order valence-electron chi connectivity index (χ3n) is 7.19. The molecule has 8 heterocycles. The van der Waals surface area contributed by atoms with Gasteiger partial charge in [-0.1, -0.05) is 5.16 Å². The zero-order chi connectivity index (χ0) is 26.6. The number of thiophene rings is 1. The van der Waals surface area contributed by atoms with E-state index in [2.05, 4.69) is 37.5 Å². The van der Waals surface area contributed by atoms with E-state index in [0.29, 0.717) is 17.5 Å². The molecule has 0 saturated carbocycles. The summed E-state index contributed by atoms with van der Waals surface area (Å²) < 4.78 is 23.0. The molecule has 7 aromatic rings. The van der Waals surface area contributed by atoms with Gasteiger partial charge in [0, 0.05) is 29.2 Å². The number of nitrogens with one attached hydrogen (secondary N) is 1. The third-order valence-corrected chi connectivity index (χ3v) is 9.50. The fourth-order valence-electron chi connectivity index (χ4n) is 5.92. The molecule has 0 aliphatic carbocycles. The number of aromatic nitrogens is 5. The van der Waals surface area contributed by atoms with Crippen LogP contribution in [-0.2, 0) is 11.2 Å². The first-order valence-electron chi connectivity index (χ1n) is 12.3. The molecule has 3 unspecified atom stereocenters. The second-order valence-corrected chi connectivity index (χ2v) is 11.5. The van der Waals surface area contributed by atoms with Crippen LogP contribution in [0.5, 0.6) is 0 Å². The van der Waals surface area contributed by atoms with Crippen molar-refractivity contribution in [1.29, 1.82) is 0 Å². The topological polar surface area (TPSA) is 113 Å². The average molecular weight is 586 g/mol. The van der Waals surface area contributed by atoms with E-state index in [1.165, 1.54) is 11.5 Å². The lowest BCUT2D eigenvalue weighted by molar-refractivity contribution is 0.336. The highest BCUT2D eigenvalue weighted by atomic mass is 32.1. The molecule has 13 heteroatoms. The van der Waals surface area contributed by atoms with Gasteiger partial charge in [0.15, 0.2) is 5.54 Å². The van der Waals surface area contributed by atoms with Crippen molar-refractivity contribution in [3.8, 4) is 0 Å². The van der Waals surface area contributed by atoms with Crippen LogP contribution >= 0.6 is 34.2 Å². The van der Waals surface area contributed by atoms with Gasteiger partial charge >= 0.3 is 0 Å². The number of rotatable bonds is 7. The molecule has 1 aliphatic rings. The summed E-state index contributed by atoms with van der Waals surface area (Å²) in [6, 6.07) is 15.7. The van der Waals surface area contributed by atoms with Crippen molar-refractivity contribution in [3.63, 3.8) is 0 Å². The molecule has 1 fully saturated rings. The Morgan fingerprint density at radius 1 is 0.875 bits per heavy atom. The lowest BCUT2D eigenvalue weighted by atomic mass is 9.85. The van der Waals surface area contributed by atoms with Gasteiger partial charge in [-0.25, -0.2) is 9.97 Å². The smallest absolute Gasteiger partial charge is 0.300 e. The molecular formula is C27H19N7O3S3. The first-order valence-corrected chi connectivity index (χ1v) is 14.9. The Balaban J connectivity index is 1.62. The fraction of sp³-hybridized carbons (Fsp3) is 0.111. The largest absolute Gasteiger partial charge is 0.466 e. The number of oxazole rings is 1. The summed E-state index contributed by atoms with van der Waals surface area (Å²) in [7, 11) is 0. The summed E-state index contributed by atoms with van der Waals surface area (Å²) in [6.07, 6.45) is 10.2. The van der Waals surface area contributed by atoms with Gasteiger partial charge in [-0.05, 0) is 59.4 Å². The van der Waals surface area contributed by atoms with E-state index in [1.807, 2.05) is 59.6 Å². The van der Waals surface area contributed by atoms with E-state index in [9.17, 15) is 0 Å². The molecule has 0 amide bonds. The van der Waals surface area contributed by atoms with Gasteiger partial charge in [0.1, 0.15) is 40.7 Å². The molecule has 8 rings (SSSR count). The number of H-pyrrole nitrogens is 1. The maximum absolute atomic E-state index is 6.36. The van der Waals surface area contributed by atoms with Crippen LogP contribution in [-0.4, -0.2) is 24.5 Å². The molecule has 10 nitrogen and oxygen atoms in total. The van der Waals surface area contributed by atoms with E-state index >= 15 is 0 Å². The molecule has 7 aromatic heterocycles.